The van der Waals surface area contributed by atoms with Crippen LogP contribution in [-0.2, 0) is 4.74 Å². The molecule has 0 atom stereocenters. The van der Waals surface area contributed by atoms with Gasteiger partial charge >= 0.3 is 6.09 Å². The van der Waals surface area contributed by atoms with Gasteiger partial charge in [-0.15, -0.1) is 0 Å². The second-order valence-electron chi connectivity index (χ2n) is 8.71. The molecule has 176 valence electrons. The average molecular weight is 454 g/mol. The number of rotatable bonds is 7. The highest BCUT2D eigenvalue weighted by molar-refractivity contribution is 5.94. The van der Waals surface area contributed by atoms with Gasteiger partial charge in [-0.3, -0.25) is 4.79 Å². The minimum Gasteiger partial charge on any atom is -0.478 e. The van der Waals surface area contributed by atoms with Crippen LogP contribution in [0, 0.1) is 0 Å². The summed E-state index contributed by atoms with van der Waals surface area (Å²) < 4.78 is 10.7. The van der Waals surface area contributed by atoms with Crippen molar-refractivity contribution in [1.29, 1.82) is 0 Å². The van der Waals surface area contributed by atoms with Gasteiger partial charge < -0.3 is 19.3 Å². The van der Waals surface area contributed by atoms with E-state index in [4.69, 9.17) is 9.47 Å². The van der Waals surface area contributed by atoms with Gasteiger partial charge in [0.2, 0.25) is 5.88 Å². The molecule has 1 saturated carbocycles. The van der Waals surface area contributed by atoms with Gasteiger partial charge in [-0.05, 0) is 52.5 Å². The molecule has 2 aliphatic rings. The predicted octanol–water partition coefficient (Wildman–Crippen LogP) is 3.55. The minimum atomic E-state index is -0.277. The molecule has 2 amide bonds. The maximum absolute atomic E-state index is 13.4. The van der Waals surface area contributed by atoms with Crippen LogP contribution in [0.5, 0.6) is 5.88 Å². The number of amides is 2. The Morgan fingerprint density at radius 2 is 1.70 bits per heavy atom. The normalized spacial score (nSPS) is 16.5. The van der Waals surface area contributed by atoms with Crippen molar-refractivity contribution < 1.29 is 19.1 Å². The lowest BCUT2D eigenvalue weighted by Gasteiger charge is -2.38. The van der Waals surface area contributed by atoms with E-state index in [-0.39, 0.29) is 30.2 Å². The van der Waals surface area contributed by atoms with Crippen LogP contribution in [0.2, 0.25) is 0 Å². The lowest BCUT2D eigenvalue weighted by molar-refractivity contribution is 0.0450. The number of carbonyl (C=O) groups excluding carboxylic acids is 2. The molecule has 1 aliphatic heterocycles. The molecule has 1 saturated heterocycles. The minimum absolute atomic E-state index is 0.0444. The average Bonchev–Trinajstić information content (AvgIpc) is 3.65. The quantitative estimate of drug-likeness (QED) is 0.632. The fraction of sp³-hybridized carbons (Fsp3) is 0.542. The summed E-state index contributed by atoms with van der Waals surface area (Å²) in [6.07, 6.45) is 7.93. The van der Waals surface area contributed by atoms with E-state index >= 15 is 0 Å². The molecule has 2 fully saturated rings. The highest BCUT2D eigenvalue weighted by atomic mass is 16.6. The lowest BCUT2D eigenvalue weighted by Crippen LogP contribution is -2.50. The maximum atomic E-state index is 13.4. The highest BCUT2D eigenvalue weighted by Gasteiger charge is 2.39. The van der Waals surface area contributed by atoms with Gasteiger partial charge in [0.25, 0.3) is 5.91 Å². The number of carbonyl (C=O) groups is 2. The number of ether oxygens (including phenoxy) is 2. The molecule has 0 unspecified atom stereocenters. The summed E-state index contributed by atoms with van der Waals surface area (Å²) in [5.74, 6) is 1.02. The smallest absolute Gasteiger partial charge is 0.410 e. The number of hydrogen-bond donors (Lipinski definition) is 0. The molecule has 1 aliphatic carbocycles. The van der Waals surface area contributed by atoms with Crippen LogP contribution >= 0.6 is 0 Å². The van der Waals surface area contributed by atoms with Gasteiger partial charge in [0.1, 0.15) is 0 Å². The summed E-state index contributed by atoms with van der Waals surface area (Å²) in [5.41, 5.74) is 1.24. The van der Waals surface area contributed by atoms with Crippen LogP contribution in [0.3, 0.4) is 0 Å². The molecule has 0 bridgehead atoms. The fourth-order valence-corrected chi connectivity index (χ4v) is 4.07. The van der Waals surface area contributed by atoms with E-state index in [1.165, 1.54) is 0 Å². The molecular formula is C24H31N5O4. The molecular weight excluding hydrogens is 422 g/mol. The Bertz CT molecular complexity index is 952. The standard InChI is InChI=1S/C24H31N5O4/c1-4-32-21-8-5-17(13-25-21)22-26-14-18(15-27-22)23(30)29(19-6-7-19)20-9-11-28(12-10-20)24(31)33-16(2)3/h5,8,13-16,19-20H,4,6-7,9-12H2,1-3H3. The van der Waals surface area contributed by atoms with Crippen LogP contribution in [0.4, 0.5) is 4.79 Å². The van der Waals surface area contributed by atoms with Crippen LogP contribution < -0.4 is 4.74 Å². The molecule has 3 heterocycles. The molecule has 33 heavy (non-hydrogen) atoms. The topological polar surface area (TPSA) is 97.8 Å². The van der Waals surface area contributed by atoms with Gasteiger partial charge in [0, 0.05) is 55.4 Å². The number of nitrogens with zero attached hydrogens (tertiary/aromatic N) is 5. The van der Waals surface area contributed by atoms with E-state index in [9.17, 15) is 9.59 Å². The monoisotopic (exact) mass is 453 g/mol. The van der Waals surface area contributed by atoms with Crippen molar-refractivity contribution in [3.63, 3.8) is 0 Å². The van der Waals surface area contributed by atoms with Crippen LogP contribution in [0.25, 0.3) is 11.4 Å². The lowest BCUT2D eigenvalue weighted by atomic mass is 10.0. The predicted molar refractivity (Wildman–Crippen MR) is 122 cm³/mol. The summed E-state index contributed by atoms with van der Waals surface area (Å²) in [7, 11) is 0. The highest BCUT2D eigenvalue weighted by Crippen LogP contribution is 2.33. The van der Waals surface area contributed by atoms with Gasteiger partial charge in [0.05, 0.1) is 18.3 Å². The SMILES string of the molecule is CCOc1ccc(-c2ncc(C(=O)N(C3CC3)C3CCN(C(=O)OC(C)C)CC3)cn2)cn1. The number of hydrogen-bond acceptors (Lipinski definition) is 7. The van der Waals surface area contributed by atoms with E-state index in [0.717, 1.165) is 31.2 Å². The van der Waals surface area contributed by atoms with Crippen molar-refractivity contribution in [2.24, 2.45) is 0 Å². The summed E-state index contributed by atoms with van der Waals surface area (Å²) in [6, 6.07) is 3.98. The number of piperidine rings is 1. The first-order valence-electron chi connectivity index (χ1n) is 11.7. The van der Waals surface area contributed by atoms with Crippen LogP contribution in [0.15, 0.2) is 30.7 Å². The Balaban J connectivity index is 1.41. The first-order chi connectivity index (χ1) is 16.0. The van der Waals surface area contributed by atoms with E-state index in [2.05, 4.69) is 15.0 Å². The molecule has 0 N–H and O–H groups in total. The molecule has 0 radical (unpaired) electrons. The largest absolute Gasteiger partial charge is 0.478 e. The van der Waals surface area contributed by atoms with Crippen molar-refractivity contribution in [3.8, 4) is 17.3 Å². The van der Waals surface area contributed by atoms with E-state index in [1.54, 1.807) is 29.6 Å². The second kappa shape index (κ2) is 10.1. The summed E-state index contributed by atoms with van der Waals surface area (Å²) in [5, 5.41) is 0. The molecule has 0 aromatic carbocycles. The maximum Gasteiger partial charge on any atom is 0.410 e. The Hall–Kier alpha value is -3.23. The van der Waals surface area contributed by atoms with Gasteiger partial charge in [-0.2, -0.15) is 0 Å². The Labute approximate surface area is 194 Å². The third-order valence-corrected chi connectivity index (χ3v) is 5.81. The molecule has 2 aromatic heterocycles. The zero-order chi connectivity index (χ0) is 23.4. The molecule has 2 aromatic rings. The first kappa shape index (κ1) is 22.9. The van der Waals surface area contributed by atoms with Gasteiger partial charge in [-0.25, -0.2) is 19.7 Å². The first-order valence-corrected chi connectivity index (χ1v) is 11.7. The molecule has 4 rings (SSSR count). The third-order valence-electron chi connectivity index (χ3n) is 5.81. The molecule has 9 nitrogen and oxygen atoms in total. The Morgan fingerprint density at radius 3 is 2.24 bits per heavy atom. The second-order valence-corrected chi connectivity index (χ2v) is 8.71. The van der Waals surface area contributed by atoms with Crippen LogP contribution in [0.1, 0.15) is 56.8 Å². The fourth-order valence-electron chi connectivity index (χ4n) is 4.07. The summed E-state index contributed by atoms with van der Waals surface area (Å²) >= 11 is 0. The van der Waals surface area contributed by atoms with Crippen molar-refractivity contribution in [2.75, 3.05) is 19.7 Å². The van der Waals surface area contributed by atoms with Crippen molar-refractivity contribution >= 4 is 12.0 Å². The van der Waals surface area contributed by atoms with E-state index in [0.29, 0.717) is 37.0 Å². The summed E-state index contributed by atoms with van der Waals surface area (Å²) in [6.45, 7) is 7.33. The van der Waals surface area contributed by atoms with E-state index < -0.39 is 0 Å². The summed E-state index contributed by atoms with van der Waals surface area (Å²) in [4.78, 5) is 42.3. The molecule has 0 spiro atoms. The number of pyridine rings is 1. The van der Waals surface area contributed by atoms with Crippen LogP contribution in [-0.4, -0.2) is 74.6 Å². The van der Waals surface area contributed by atoms with Gasteiger partial charge in [-0.1, -0.05) is 0 Å². The molecule has 9 heteroatoms. The zero-order valence-electron chi connectivity index (χ0n) is 19.4. The van der Waals surface area contributed by atoms with Crippen molar-refractivity contribution in [1.82, 2.24) is 24.8 Å². The van der Waals surface area contributed by atoms with E-state index in [1.807, 2.05) is 31.7 Å². The zero-order valence-corrected chi connectivity index (χ0v) is 19.4. The number of aromatic nitrogens is 3. The third kappa shape index (κ3) is 5.58. The van der Waals surface area contributed by atoms with Gasteiger partial charge in [0.15, 0.2) is 5.82 Å². The Morgan fingerprint density at radius 1 is 1.03 bits per heavy atom. The van der Waals surface area contributed by atoms with Crippen molar-refractivity contribution in [3.05, 3.63) is 36.3 Å². The number of likely N-dealkylation sites (tertiary alicyclic amines) is 1. The van der Waals surface area contributed by atoms with Crippen molar-refractivity contribution in [2.45, 2.75) is 64.6 Å². The Kier molecular flexibility index (Phi) is 7.05.